The summed E-state index contributed by atoms with van der Waals surface area (Å²) in [5, 5.41) is 0.582. The fourth-order valence-corrected chi connectivity index (χ4v) is 2.18. The summed E-state index contributed by atoms with van der Waals surface area (Å²) in [4.78, 5) is 24.1. The highest BCUT2D eigenvalue weighted by molar-refractivity contribution is 6.30. The number of hydrogen-bond donors (Lipinski definition) is 0. The Hall–Kier alpha value is -1.81. The Kier molecular flexibility index (Phi) is 4.68. The van der Waals surface area contributed by atoms with E-state index in [1.165, 1.54) is 6.08 Å². The highest BCUT2D eigenvalue weighted by Gasteiger charge is 2.41. The number of halogens is 1. The molecule has 2 rings (SSSR count). The first-order valence-corrected chi connectivity index (χ1v) is 7.25. The molecular weight excluding hydrogens is 292 g/mol. The van der Waals surface area contributed by atoms with Crippen LogP contribution in [-0.4, -0.2) is 17.7 Å². The van der Waals surface area contributed by atoms with Crippen molar-refractivity contribution >= 4 is 29.6 Å². The van der Waals surface area contributed by atoms with Gasteiger partial charge in [0.15, 0.2) is 0 Å². The molecule has 0 unspecified atom stereocenters. The number of rotatable bonds is 4. The molecule has 21 heavy (non-hydrogen) atoms. The third-order valence-corrected chi connectivity index (χ3v) is 3.47. The number of esters is 2. The Morgan fingerprint density at radius 3 is 2.24 bits per heavy atom. The van der Waals surface area contributed by atoms with Crippen LogP contribution in [0.25, 0.3) is 6.08 Å². The second-order valence-electron chi connectivity index (χ2n) is 5.13. The summed E-state index contributed by atoms with van der Waals surface area (Å²) >= 11 is 5.79. The lowest BCUT2D eigenvalue weighted by Crippen LogP contribution is -2.44. The van der Waals surface area contributed by atoms with Gasteiger partial charge in [-0.1, -0.05) is 37.1 Å². The van der Waals surface area contributed by atoms with Crippen LogP contribution in [0.3, 0.4) is 0 Å². The predicted molar refractivity (Wildman–Crippen MR) is 79.5 cm³/mol. The van der Waals surface area contributed by atoms with Gasteiger partial charge in [-0.2, -0.15) is 0 Å². The molecule has 1 aromatic carbocycles. The number of carbonyl (C=O) groups excluding carboxylic acids is 2. The first-order valence-electron chi connectivity index (χ1n) is 6.87. The number of benzene rings is 1. The van der Waals surface area contributed by atoms with Crippen LogP contribution in [0, 0.1) is 0 Å². The van der Waals surface area contributed by atoms with Gasteiger partial charge < -0.3 is 9.47 Å². The van der Waals surface area contributed by atoms with E-state index in [2.05, 4.69) is 0 Å². The molecule has 1 aliphatic heterocycles. The second-order valence-corrected chi connectivity index (χ2v) is 5.56. The standard InChI is InChI=1S/C16H17ClO4/c1-3-4-9-16(2)20-14(18)13(15(19)21-16)10-11-5-7-12(17)8-6-11/h5-8,10H,3-4,9H2,1-2H3. The van der Waals surface area contributed by atoms with Crippen molar-refractivity contribution in [3.8, 4) is 0 Å². The molecule has 0 N–H and O–H groups in total. The number of unbranched alkanes of at least 4 members (excludes halogenated alkanes) is 1. The van der Waals surface area contributed by atoms with Gasteiger partial charge in [0.2, 0.25) is 0 Å². The molecule has 1 fully saturated rings. The van der Waals surface area contributed by atoms with Gasteiger partial charge >= 0.3 is 11.9 Å². The van der Waals surface area contributed by atoms with Gasteiger partial charge in [-0.15, -0.1) is 0 Å². The molecule has 0 aliphatic carbocycles. The van der Waals surface area contributed by atoms with Gasteiger partial charge in [0.05, 0.1) is 0 Å². The number of cyclic esters (lactones) is 2. The fourth-order valence-electron chi connectivity index (χ4n) is 2.05. The van der Waals surface area contributed by atoms with Gasteiger partial charge in [-0.25, -0.2) is 9.59 Å². The van der Waals surface area contributed by atoms with Gasteiger partial charge in [0.1, 0.15) is 5.57 Å². The van der Waals surface area contributed by atoms with Gasteiger partial charge in [0.25, 0.3) is 5.79 Å². The lowest BCUT2D eigenvalue weighted by Gasteiger charge is -2.33. The van der Waals surface area contributed by atoms with Gasteiger partial charge in [0, 0.05) is 18.4 Å². The Morgan fingerprint density at radius 2 is 1.71 bits per heavy atom. The summed E-state index contributed by atoms with van der Waals surface area (Å²) in [6.07, 6.45) is 3.68. The molecule has 5 heteroatoms. The zero-order valence-corrected chi connectivity index (χ0v) is 12.8. The largest absolute Gasteiger partial charge is 0.419 e. The number of ether oxygens (including phenoxy) is 2. The summed E-state index contributed by atoms with van der Waals surface area (Å²) in [6.45, 7) is 3.62. The molecule has 0 saturated carbocycles. The summed E-state index contributed by atoms with van der Waals surface area (Å²) in [5.74, 6) is -2.47. The van der Waals surface area contributed by atoms with Crippen LogP contribution in [0.1, 0.15) is 38.7 Å². The van der Waals surface area contributed by atoms with E-state index in [1.54, 1.807) is 31.2 Å². The highest BCUT2D eigenvalue weighted by atomic mass is 35.5. The van der Waals surface area contributed by atoms with Crippen LogP contribution < -0.4 is 0 Å². The number of hydrogen-bond acceptors (Lipinski definition) is 4. The van der Waals surface area contributed by atoms with Crippen molar-refractivity contribution in [2.24, 2.45) is 0 Å². The molecule has 0 spiro atoms. The van der Waals surface area contributed by atoms with E-state index in [0.717, 1.165) is 12.8 Å². The minimum absolute atomic E-state index is 0.105. The van der Waals surface area contributed by atoms with Crippen molar-refractivity contribution < 1.29 is 19.1 Å². The third-order valence-electron chi connectivity index (χ3n) is 3.22. The van der Waals surface area contributed by atoms with Crippen LogP contribution in [0.15, 0.2) is 29.8 Å². The topological polar surface area (TPSA) is 52.6 Å². The molecule has 1 aliphatic rings. The number of carbonyl (C=O) groups is 2. The summed E-state index contributed by atoms with van der Waals surface area (Å²) in [7, 11) is 0. The zero-order valence-electron chi connectivity index (χ0n) is 12.0. The smallest absolute Gasteiger partial charge is 0.348 e. The third kappa shape index (κ3) is 3.85. The predicted octanol–water partition coefficient (Wildman–Crippen LogP) is 3.73. The Morgan fingerprint density at radius 1 is 1.14 bits per heavy atom. The molecule has 112 valence electrons. The molecule has 0 atom stereocenters. The maximum atomic E-state index is 12.0. The maximum absolute atomic E-state index is 12.0. The first-order chi connectivity index (χ1) is 9.93. The molecule has 4 nitrogen and oxygen atoms in total. The van der Waals surface area contributed by atoms with Crippen molar-refractivity contribution in [1.82, 2.24) is 0 Å². The quantitative estimate of drug-likeness (QED) is 0.483. The molecule has 1 aromatic rings. The van der Waals surface area contributed by atoms with Crippen LogP contribution in [-0.2, 0) is 19.1 Å². The lowest BCUT2D eigenvalue weighted by molar-refractivity contribution is -0.230. The molecule has 0 bridgehead atoms. The summed E-state index contributed by atoms with van der Waals surface area (Å²) < 4.78 is 10.6. The van der Waals surface area contributed by atoms with E-state index < -0.39 is 17.7 Å². The van der Waals surface area contributed by atoms with E-state index in [1.807, 2.05) is 6.92 Å². The van der Waals surface area contributed by atoms with E-state index in [-0.39, 0.29) is 5.57 Å². The van der Waals surface area contributed by atoms with Crippen LogP contribution in [0.5, 0.6) is 0 Å². The molecule has 0 radical (unpaired) electrons. The van der Waals surface area contributed by atoms with Crippen molar-refractivity contribution in [3.63, 3.8) is 0 Å². The average Bonchev–Trinajstić information content (AvgIpc) is 2.43. The minimum Gasteiger partial charge on any atom is -0.419 e. The highest BCUT2D eigenvalue weighted by Crippen LogP contribution is 2.29. The molecule has 0 amide bonds. The van der Waals surface area contributed by atoms with E-state index >= 15 is 0 Å². The summed E-state index contributed by atoms with van der Waals surface area (Å²) in [5.41, 5.74) is 0.576. The summed E-state index contributed by atoms with van der Waals surface area (Å²) in [6, 6.07) is 6.78. The second kappa shape index (κ2) is 6.31. The van der Waals surface area contributed by atoms with Crippen LogP contribution in [0.4, 0.5) is 0 Å². The Bertz CT molecular complexity index is 554. The lowest BCUT2D eigenvalue weighted by atomic mass is 10.1. The molecule has 1 saturated heterocycles. The zero-order chi connectivity index (χ0) is 15.5. The normalized spacial score (nSPS) is 21.8. The Balaban J connectivity index is 2.18. The minimum atomic E-state index is -1.17. The van der Waals surface area contributed by atoms with Crippen molar-refractivity contribution in [2.75, 3.05) is 0 Å². The first kappa shape index (κ1) is 15.6. The fraction of sp³-hybridized carbons (Fsp3) is 0.375. The van der Waals surface area contributed by atoms with Crippen molar-refractivity contribution in [3.05, 3.63) is 40.4 Å². The Labute approximate surface area is 128 Å². The van der Waals surface area contributed by atoms with Gasteiger partial charge in [-0.3, -0.25) is 0 Å². The molecule has 0 aromatic heterocycles. The monoisotopic (exact) mass is 308 g/mol. The van der Waals surface area contributed by atoms with Crippen LogP contribution in [0.2, 0.25) is 5.02 Å². The molecule has 1 heterocycles. The van der Waals surface area contributed by atoms with Crippen molar-refractivity contribution in [1.29, 1.82) is 0 Å². The van der Waals surface area contributed by atoms with Gasteiger partial charge in [-0.05, 0) is 30.2 Å². The SMILES string of the molecule is CCCCC1(C)OC(=O)C(=Cc2ccc(Cl)cc2)C(=O)O1. The maximum Gasteiger partial charge on any atom is 0.348 e. The van der Waals surface area contributed by atoms with E-state index in [9.17, 15) is 9.59 Å². The van der Waals surface area contributed by atoms with E-state index in [4.69, 9.17) is 21.1 Å². The van der Waals surface area contributed by atoms with E-state index in [0.29, 0.717) is 17.0 Å². The van der Waals surface area contributed by atoms with Crippen LogP contribution >= 0.6 is 11.6 Å². The molecular formula is C16H17ClO4. The average molecular weight is 309 g/mol. The van der Waals surface area contributed by atoms with Crippen molar-refractivity contribution in [2.45, 2.75) is 38.9 Å².